The van der Waals surface area contributed by atoms with E-state index in [4.69, 9.17) is 9.72 Å². The van der Waals surface area contributed by atoms with Crippen LogP contribution in [0.4, 0.5) is 0 Å². The smallest absolute Gasteiger partial charge is 0.140 e. The molecule has 2 heteroatoms. The monoisotopic (exact) mass is 445 g/mol. The second kappa shape index (κ2) is 7.84. The molecule has 0 atom stereocenters. The van der Waals surface area contributed by atoms with E-state index in [1.807, 2.05) is 6.20 Å². The third-order valence-corrected chi connectivity index (χ3v) is 6.97. The molecule has 0 bridgehead atoms. The van der Waals surface area contributed by atoms with E-state index in [1.165, 1.54) is 43.6 Å². The first-order valence-electron chi connectivity index (χ1n) is 12.5. The summed E-state index contributed by atoms with van der Waals surface area (Å²) >= 11 is 0. The number of nitrogens with zero attached hydrogens (tertiary/aromatic N) is 1. The predicted octanol–water partition coefficient (Wildman–Crippen LogP) is 9.02. The van der Waals surface area contributed by atoms with Crippen molar-refractivity contribution in [2.45, 2.75) is 47.5 Å². The van der Waals surface area contributed by atoms with Crippen LogP contribution in [0, 0.1) is 18.8 Å². The number of ether oxygens (including phenoxy) is 1. The van der Waals surface area contributed by atoms with Gasteiger partial charge in [0.15, 0.2) is 0 Å². The van der Waals surface area contributed by atoms with E-state index in [0.717, 1.165) is 41.0 Å². The zero-order valence-electron chi connectivity index (χ0n) is 20.7. The first kappa shape index (κ1) is 21.2. The van der Waals surface area contributed by atoms with Gasteiger partial charge in [-0.2, -0.15) is 0 Å². The van der Waals surface area contributed by atoms with Crippen molar-refractivity contribution in [3.05, 3.63) is 77.5 Å². The lowest BCUT2D eigenvalue weighted by molar-refractivity contribution is 0.476. The van der Waals surface area contributed by atoms with Gasteiger partial charge in [0.1, 0.15) is 11.5 Å². The highest BCUT2D eigenvalue weighted by Crippen LogP contribution is 2.51. The lowest BCUT2D eigenvalue weighted by Crippen LogP contribution is -2.06. The van der Waals surface area contributed by atoms with E-state index >= 15 is 0 Å². The summed E-state index contributed by atoms with van der Waals surface area (Å²) in [5, 5.41) is 7.39. The van der Waals surface area contributed by atoms with Crippen LogP contribution in [0.5, 0.6) is 11.5 Å². The fourth-order valence-corrected chi connectivity index (χ4v) is 5.59. The van der Waals surface area contributed by atoms with Gasteiger partial charge in [-0.3, -0.25) is 4.98 Å². The van der Waals surface area contributed by atoms with Crippen LogP contribution in [0.25, 0.3) is 43.6 Å². The summed E-state index contributed by atoms with van der Waals surface area (Å²) in [6.07, 6.45) is 4.02. The molecule has 0 saturated carbocycles. The number of pyridine rings is 1. The average molecular weight is 446 g/mol. The van der Waals surface area contributed by atoms with Crippen molar-refractivity contribution < 1.29 is 4.74 Å². The molecule has 6 rings (SSSR count). The Hall–Kier alpha value is -3.39. The molecular weight excluding hydrogens is 414 g/mol. The Labute approximate surface area is 201 Å². The number of rotatable bonds is 4. The molecule has 2 heterocycles. The van der Waals surface area contributed by atoms with Crippen molar-refractivity contribution in [1.82, 2.24) is 4.98 Å². The van der Waals surface area contributed by atoms with Crippen LogP contribution < -0.4 is 4.74 Å². The maximum Gasteiger partial charge on any atom is 0.140 e. The summed E-state index contributed by atoms with van der Waals surface area (Å²) in [5.41, 5.74) is 6.12. The molecule has 0 aliphatic carbocycles. The topological polar surface area (TPSA) is 22.1 Å². The Bertz CT molecular complexity index is 1590. The molecule has 0 unspecified atom stereocenters. The average Bonchev–Trinajstić information content (AvgIpc) is 2.79. The van der Waals surface area contributed by atoms with Crippen LogP contribution in [0.3, 0.4) is 0 Å². The van der Waals surface area contributed by atoms with Crippen LogP contribution in [0.1, 0.15) is 44.4 Å². The van der Waals surface area contributed by atoms with E-state index in [9.17, 15) is 0 Å². The summed E-state index contributed by atoms with van der Waals surface area (Å²) < 4.78 is 6.78. The van der Waals surface area contributed by atoms with Crippen molar-refractivity contribution in [3.63, 3.8) is 0 Å². The molecule has 34 heavy (non-hydrogen) atoms. The minimum Gasteiger partial charge on any atom is -0.456 e. The highest BCUT2D eigenvalue weighted by Gasteiger charge is 2.27. The van der Waals surface area contributed by atoms with Crippen LogP contribution in [-0.4, -0.2) is 4.98 Å². The highest BCUT2D eigenvalue weighted by molar-refractivity contribution is 6.16. The second-order valence-corrected chi connectivity index (χ2v) is 10.8. The molecule has 1 aliphatic heterocycles. The van der Waals surface area contributed by atoms with Crippen molar-refractivity contribution >= 4 is 32.3 Å². The number of benzene rings is 4. The Morgan fingerprint density at radius 1 is 0.765 bits per heavy atom. The maximum atomic E-state index is 6.78. The van der Waals surface area contributed by atoms with Crippen LogP contribution in [-0.2, 0) is 12.8 Å². The van der Waals surface area contributed by atoms with E-state index in [2.05, 4.69) is 89.2 Å². The lowest BCUT2D eigenvalue weighted by atomic mass is 9.88. The van der Waals surface area contributed by atoms with Crippen molar-refractivity contribution in [2.24, 2.45) is 11.8 Å². The standard InChI is InChI=1S/C32H31NO/c1-18(2)12-21-7-9-24-23(15-21)16-28-31-30-25(10-11-33-31)26-14-20(5)6-8-22(26)17-29(30)34-32(28)27(24)13-19(3)4/h6-11,14-19H,12-13H2,1-5H3. The molecule has 0 radical (unpaired) electrons. The van der Waals surface area contributed by atoms with Crippen molar-refractivity contribution in [2.75, 3.05) is 0 Å². The van der Waals surface area contributed by atoms with Gasteiger partial charge in [0.05, 0.1) is 11.1 Å². The van der Waals surface area contributed by atoms with Crippen molar-refractivity contribution in [1.29, 1.82) is 0 Å². The minimum absolute atomic E-state index is 0.526. The zero-order valence-corrected chi connectivity index (χ0v) is 20.7. The fraction of sp³-hybridized carbons (Fsp3) is 0.281. The molecular formula is C32H31NO. The first-order valence-corrected chi connectivity index (χ1v) is 12.5. The third-order valence-electron chi connectivity index (χ3n) is 6.97. The molecule has 1 aliphatic rings. The molecule has 4 aromatic carbocycles. The van der Waals surface area contributed by atoms with Gasteiger partial charge in [-0.05, 0) is 82.3 Å². The predicted molar refractivity (Wildman–Crippen MR) is 144 cm³/mol. The summed E-state index contributed by atoms with van der Waals surface area (Å²) in [4.78, 5) is 4.93. The number of hydrogen-bond acceptors (Lipinski definition) is 2. The largest absolute Gasteiger partial charge is 0.456 e. The van der Waals surface area contributed by atoms with Gasteiger partial charge in [-0.15, -0.1) is 0 Å². The molecule has 170 valence electrons. The summed E-state index contributed by atoms with van der Waals surface area (Å²) in [7, 11) is 0. The molecule has 2 nitrogen and oxygen atoms in total. The van der Waals surface area contributed by atoms with E-state index < -0.39 is 0 Å². The van der Waals surface area contributed by atoms with Gasteiger partial charge < -0.3 is 4.74 Å². The molecule has 0 amide bonds. The van der Waals surface area contributed by atoms with E-state index in [1.54, 1.807) is 0 Å². The zero-order chi connectivity index (χ0) is 23.6. The SMILES string of the molecule is Cc1ccc2cc3c4c(nccc4c2c1)-c1cc2cc(CC(C)C)ccc2c(CC(C)C)c1O3. The Morgan fingerprint density at radius 2 is 1.59 bits per heavy atom. The van der Waals surface area contributed by atoms with Gasteiger partial charge in [0, 0.05) is 17.3 Å². The Morgan fingerprint density at radius 3 is 2.38 bits per heavy atom. The summed E-state index contributed by atoms with van der Waals surface area (Å²) in [6.45, 7) is 11.3. The van der Waals surface area contributed by atoms with Gasteiger partial charge in [0.25, 0.3) is 0 Å². The van der Waals surface area contributed by atoms with Crippen molar-refractivity contribution in [3.8, 4) is 22.8 Å². The number of aromatic nitrogens is 1. The van der Waals surface area contributed by atoms with Gasteiger partial charge >= 0.3 is 0 Å². The number of hydrogen-bond donors (Lipinski definition) is 0. The van der Waals surface area contributed by atoms with E-state index in [0.29, 0.717) is 11.8 Å². The minimum atomic E-state index is 0.526. The lowest BCUT2D eigenvalue weighted by Gasteiger charge is -2.26. The Balaban J connectivity index is 1.69. The number of fused-ring (bicyclic) bond motifs is 5. The normalized spacial score (nSPS) is 12.7. The van der Waals surface area contributed by atoms with Gasteiger partial charge in [-0.1, -0.05) is 69.7 Å². The van der Waals surface area contributed by atoms with Gasteiger partial charge in [-0.25, -0.2) is 0 Å². The molecule has 0 fully saturated rings. The molecule has 1 aromatic heterocycles. The third kappa shape index (κ3) is 3.36. The van der Waals surface area contributed by atoms with Crippen LogP contribution in [0.15, 0.2) is 60.8 Å². The first-order chi connectivity index (χ1) is 16.4. The molecule has 5 aromatic rings. The molecule has 0 spiro atoms. The molecule has 0 N–H and O–H groups in total. The molecule has 0 saturated heterocycles. The highest BCUT2D eigenvalue weighted by atomic mass is 16.5. The Kier molecular flexibility index (Phi) is 4.88. The van der Waals surface area contributed by atoms with Crippen LogP contribution in [0.2, 0.25) is 0 Å². The maximum absolute atomic E-state index is 6.78. The fourth-order valence-electron chi connectivity index (χ4n) is 5.59. The van der Waals surface area contributed by atoms with Gasteiger partial charge in [0.2, 0.25) is 0 Å². The number of aryl methyl sites for hydroxylation is 1. The quantitative estimate of drug-likeness (QED) is 0.253. The van der Waals surface area contributed by atoms with Crippen LogP contribution >= 0.6 is 0 Å². The van der Waals surface area contributed by atoms with E-state index in [-0.39, 0.29) is 0 Å². The summed E-state index contributed by atoms with van der Waals surface area (Å²) in [5.74, 6) is 3.06. The summed E-state index contributed by atoms with van der Waals surface area (Å²) in [6, 6.07) is 20.3. The second-order valence-electron chi connectivity index (χ2n) is 10.8.